The number of anilines is 2. The Balaban J connectivity index is 3.01. The molecule has 0 aliphatic rings. The van der Waals surface area contributed by atoms with E-state index in [1.165, 1.54) is 13.0 Å². The topological polar surface area (TPSA) is 84.5 Å². The average molecular weight is 304 g/mol. The van der Waals surface area contributed by atoms with Crippen LogP contribution < -0.4 is 10.6 Å². The third kappa shape index (κ3) is 6.21. The fourth-order valence-corrected chi connectivity index (χ4v) is 1.63. The van der Waals surface area contributed by atoms with Gasteiger partial charge >= 0.3 is 6.09 Å². The molecule has 0 saturated carbocycles. The summed E-state index contributed by atoms with van der Waals surface area (Å²) in [6, 6.07) is 4.98. The summed E-state index contributed by atoms with van der Waals surface area (Å²) >= 11 is 0. The molecule has 2 amide bonds. The van der Waals surface area contributed by atoms with Crippen LogP contribution in [0.3, 0.4) is 0 Å². The lowest BCUT2D eigenvalue weighted by Crippen LogP contribution is -2.27. The van der Waals surface area contributed by atoms with Crippen LogP contribution in [0.1, 0.15) is 33.3 Å². The summed E-state index contributed by atoms with van der Waals surface area (Å²) in [5.74, 6) is -0.274. The van der Waals surface area contributed by atoms with Gasteiger partial charge in [-0.2, -0.15) is 0 Å². The normalized spacial score (nSPS) is 11.1. The maximum Gasteiger partial charge on any atom is 0.412 e. The lowest BCUT2D eigenvalue weighted by atomic mass is 10.1. The largest absolute Gasteiger partial charge is 0.444 e. The fourth-order valence-electron chi connectivity index (χ4n) is 1.63. The number of benzene rings is 1. The van der Waals surface area contributed by atoms with Crippen molar-refractivity contribution in [2.45, 2.75) is 33.3 Å². The number of hydrogen-bond donors (Lipinski definition) is 2. The van der Waals surface area contributed by atoms with Crippen molar-refractivity contribution in [1.82, 2.24) is 0 Å². The molecular weight excluding hydrogens is 284 g/mol. The third-order valence-corrected chi connectivity index (χ3v) is 2.36. The maximum absolute atomic E-state index is 11.8. The molecule has 22 heavy (non-hydrogen) atoms. The molecule has 2 N–H and O–H groups in total. The van der Waals surface area contributed by atoms with Crippen LogP contribution in [-0.4, -0.2) is 23.9 Å². The van der Waals surface area contributed by atoms with E-state index in [2.05, 4.69) is 10.6 Å². The van der Waals surface area contributed by atoms with Gasteiger partial charge in [0.1, 0.15) is 11.9 Å². The Morgan fingerprint density at radius 2 is 1.82 bits per heavy atom. The number of carbonyl (C=O) groups excluding carboxylic acids is 3. The van der Waals surface area contributed by atoms with Crippen LogP contribution >= 0.6 is 0 Å². The fraction of sp³-hybridized carbons (Fsp3) is 0.312. The molecule has 0 spiro atoms. The Hall–Kier alpha value is -2.63. The number of ether oxygens (including phenoxy) is 1. The second-order valence-corrected chi connectivity index (χ2v) is 5.61. The van der Waals surface area contributed by atoms with Crippen molar-refractivity contribution in [2.75, 3.05) is 10.6 Å². The Morgan fingerprint density at radius 1 is 1.14 bits per heavy atom. The van der Waals surface area contributed by atoms with E-state index in [1.807, 2.05) is 0 Å². The molecule has 0 heterocycles. The van der Waals surface area contributed by atoms with Gasteiger partial charge in [0, 0.05) is 6.92 Å². The van der Waals surface area contributed by atoms with E-state index in [-0.39, 0.29) is 5.91 Å². The minimum Gasteiger partial charge on any atom is -0.444 e. The number of amides is 2. The van der Waals surface area contributed by atoms with Gasteiger partial charge in [0.05, 0.1) is 11.4 Å². The smallest absolute Gasteiger partial charge is 0.412 e. The first-order chi connectivity index (χ1) is 10.2. The van der Waals surface area contributed by atoms with Crippen LogP contribution in [-0.2, 0) is 14.3 Å². The first kappa shape index (κ1) is 17.4. The molecule has 1 aromatic rings. The number of allylic oxidation sites excluding steroid dienone is 1. The second-order valence-electron chi connectivity index (χ2n) is 5.61. The summed E-state index contributed by atoms with van der Waals surface area (Å²) in [5.41, 5.74) is 0.926. The van der Waals surface area contributed by atoms with Crippen molar-refractivity contribution in [2.24, 2.45) is 0 Å². The molecule has 0 bridgehead atoms. The summed E-state index contributed by atoms with van der Waals surface area (Å²) in [4.78, 5) is 33.4. The minimum atomic E-state index is -0.620. The van der Waals surface area contributed by atoms with Crippen LogP contribution in [0.15, 0.2) is 24.3 Å². The zero-order valence-electron chi connectivity index (χ0n) is 13.1. The molecule has 1 aromatic carbocycles. The number of rotatable bonds is 4. The van der Waals surface area contributed by atoms with Gasteiger partial charge in [-0.25, -0.2) is 4.79 Å². The molecular formula is C16H20N2O4. The van der Waals surface area contributed by atoms with Crippen molar-refractivity contribution in [3.8, 4) is 0 Å². The highest BCUT2D eigenvalue weighted by molar-refractivity contribution is 5.97. The predicted molar refractivity (Wildman–Crippen MR) is 85.7 cm³/mol. The molecule has 0 atom stereocenters. The van der Waals surface area contributed by atoms with Gasteiger partial charge in [-0.15, -0.1) is 0 Å². The standard InChI is InChI=1S/C16H20N2O4/c1-11(20)17-14-10-12(6-5-9-19)7-8-13(14)18-15(21)22-16(2,3)4/h5-10H,1-4H3,(H,17,20)(H,18,21)/b6-5+. The minimum absolute atomic E-state index is 0.274. The van der Waals surface area contributed by atoms with Gasteiger partial charge in [0.15, 0.2) is 0 Å². The van der Waals surface area contributed by atoms with Crippen LogP contribution in [0.5, 0.6) is 0 Å². The summed E-state index contributed by atoms with van der Waals surface area (Å²) in [6.45, 7) is 6.64. The molecule has 0 unspecified atom stereocenters. The van der Waals surface area contributed by atoms with E-state index in [0.29, 0.717) is 23.2 Å². The van der Waals surface area contributed by atoms with Crippen LogP contribution in [0.25, 0.3) is 6.08 Å². The van der Waals surface area contributed by atoms with Crippen molar-refractivity contribution >= 4 is 35.7 Å². The number of nitrogens with one attached hydrogen (secondary N) is 2. The number of hydrogen-bond acceptors (Lipinski definition) is 4. The van der Waals surface area contributed by atoms with E-state index in [9.17, 15) is 14.4 Å². The second kappa shape index (κ2) is 7.40. The first-order valence-electron chi connectivity index (χ1n) is 6.75. The molecule has 0 saturated heterocycles. The van der Waals surface area contributed by atoms with Gasteiger partial charge in [0.25, 0.3) is 0 Å². The summed E-state index contributed by atoms with van der Waals surface area (Å²) < 4.78 is 5.17. The van der Waals surface area contributed by atoms with E-state index in [4.69, 9.17) is 4.74 Å². The van der Waals surface area contributed by atoms with E-state index in [0.717, 1.165) is 0 Å². The monoisotopic (exact) mass is 304 g/mol. The molecule has 0 aromatic heterocycles. The first-order valence-corrected chi connectivity index (χ1v) is 6.75. The van der Waals surface area contributed by atoms with Crippen LogP contribution in [0, 0.1) is 0 Å². The molecule has 6 nitrogen and oxygen atoms in total. The highest BCUT2D eigenvalue weighted by atomic mass is 16.6. The molecule has 0 fully saturated rings. The zero-order chi connectivity index (χ0) is 16.8. The van der Waals surface area contributed by atoms with Crippen LogP contribution in [0.4, 0.5) is 16.2 Å². The van der Waals surface area contributed by atoms with Crippen LogP contribution in [0.2, 0.25) is 0 Å². The molecule has 0 radical (unpaired) electrons. The summed E-state index contributed by atoms with van der Waals surface area (Å²) in [6.07, 6.45) is 2.98. The number of aldehydes is 1. The summed E-state index contributed by atoms with van der Waals surface area (Å²) in [5, 5.41) is 5.21. The zero-order valence-corrected chi connectivity index (χ0v) is 13.1. The van der Waals surface area contributed by atoms with E-state index < -0.39 is 11.7 Å². The van der Waals surface area contributed by atoms with E-state index in [1.54, 1.807) is 45.0 Å². The maximum atomic E-state index is 11.8. The van der Waals surface area contributed by atoms with Gasteiger partial charge in [-0.1, -0.05) is 12.1 Å². The van der Waals surface area contributed by atoms with Gasteiger partial charge in [-0.05, 0) is 44.5 Å². The van der Waals surface area contributed by atoms with Gasteiger partial charge < -0.3 is 10.1 Å². The Bertz CT molecular complexity index is 601. The van der Waals surface area contributed by atoms with Crippen molar-refractivity contribution in [3.63, 3.8) is 0 Å². The molecule has 0 aliphatic heterocycles. The van der Waals surface area contributed by atoms with Gasteiger partial charge in [0.2, 0.25) is 5.91 Å². The molecule has 1 rings (SSSR count). The van der Waals surface area contributed by atoms with Crippen molar-refractivity contribution < 1.29 is 19.1 Å². The number of carbonyl (C=O) groups is 3. The third-order valence-electron chi connectivity index (χ3n) is 2.36. The summed E-state index contributed by atoms with van der Waals surface area (Å²) in [7, 11) is 0. The molecule has 118 valence electrons. The average Bonchev–Trinajstić information content (AvgIpc) is 2.36. The SMILES string of the molecule is CC(=O)Nc1cc(/C=C/C=O)ccc1NC(=O)OC(C)(C)C. The lowest BCUT2D eigenvalue weighted by molar-refractivity contribution is -0.114. The Labute approximate surface area is 129 Å². The predicted octanol–water partition coefficient (Wildman–Crippen LogP) is 3.20. The highest BCUT2D eigenvalue weighted by Gasteiger charge is 2.17. The Morgan fingerprint density at radius 3 is 2.36 bits per heavy atom. The quantitative estimate of drug-likeness (QED) is 0.661. The molecule has 0 aliphatic carbocycles. The van der Waals surface area contributed by atoms with Gasteiger partial charge in [-0.3, -0.25) is 14.9 Å². The van der Waals surface area contributed by atoms with E-state index >= 15 is 0 Å². The highest BCUT2D eigenvalue weighted by Crippen LogP contribution is 2.25. The lowest BCUT2D eigenvalue weighted by Gasteiger charge is -2.20. The Kier molecular flexibility index (Phi) is 5.86. The van der Waals surface area contributed by atoms with Crippen molar-refractivity contribution in [3.05, 3.63) is 29.8 Å². The van der Waals surface area contributed by atoms with Crippen molar-refractivity contribution in [1.29, 1.82) is 0 Å². The molecule has 6 heteroatoms.